The van der Waals surface area contributed by atoms with Crippen LogP contribution in [0.4, 0.5) is 4.79 Å². The van der Waals surface area contributed by atoms with Gasteiger partial charge in [-0.25, -0.2) is 4.79 Å². The number of primary amides is 2. The van der Waals surface area contributed by atoms with Crippen LogP contribution in [-0.2, 0) is 16.0 Å². The molecule has 8 heteroatoms. The average Bonchev–Trinajstić information content (AvgIpc) is 2.80. The number of carbonyl (C=O) groups is 3. The Morgan fingerprint density at radius 3 is 2.52 bits per heavy atom. The Labute approximate surface area is 126 Å². The fourth-order valence-electron chi connectivity index (χ4n) is 2.37. The van der Waals surface area contributed by atoms with Crippen molar-refractivity contribution in [3.63, 3.8) is 0 Å². The van der Waals surface area contributed by atoms with Gasteiger partial charge >= 0.3 is 6.03 Å². The lowest BCUT2D eigenvalue weighted by Crippen LogP contribution is -2.55. The number of benzene rings is 1. The number of halogens is 1. The third kappa shape index (κ3) is 3.25. The molecule has 1 aromatic carbocycles. The van der Waals surface area contributed by atoms with Crippen molar-refractivity contribution < 1.29 is 14.4 Å². The van der Waals surface area contributed by atoms with Crippen LogP contribution in [0.25, 0.3) is 0 Å². The van der Waals surface area contributed by atoms with Gasteiger partial charge < -0.3 is 22.1 Å². The molecule has 1 aromatic rings. The third-order valence-electron chi connectivity index (χ3n) is 3.36. The topological polar surface area (TPSA) is 127 Å². The zero-order valence-corrected chi connectivity index (χ0v) is 11.8. The predicted octanol–water partition coefficient (Wildman–Crippen LogP) is -0.0343. The highest BCUT2D eigenvalue weighted by Crippen LogP contribution is 2.35. The first-order chi connectivity index (χ1) is 9.90. The molecule has 21 heavy (non-hydrogen) atoms. The second-order valence-corrected chi connectivity index (χ2v) is 5.16. The van der Waals surface area contributed by atoms with Gasteiger partial charge in [-0.1, -0.05) is 23.7 Å². The molecule has 1 atom stereocenters. The molecular weight excluding hydrogens is 296 g/mol. The monoisotopic (exact) mass is 310 g/mol. The maximum Gasteiger partial charge on any atom is 0.316 e. The van der Waals surface area contributed by atoms with Gasteiger partial charge in [0.25, 0.3) is 0 Å². The highest BCUT2D eigenvalue weighted by molar-refractivity contribution is 6.31. The first-order valence-electron chi connectivity index (χ1n) is 6.33. The van der Waals surface area contributed by atoms with Crippen molar-refractivity contribution in [2.24, 2.45) is 11.5 Å². The lowest BCUT2D eigenvalue weighted by atomic mass is 10.1. The molecule has 0 aliphatic heterocycles. The Morgan fingerprint density at radius 1 is 1.24 bits per heavy atom. The number of hydrogen-bond acceptors (Lipinski definition) is 3. The maximum absolute atomic E-state index is 11.8. The summed E-state index contributed by atoms with van der Waals surface area (Å²) in [6.07, 6.45) is 1.43. The van der Waals surface area contributed by atoms with Crippen LogP contribution in [0.5, 0.6) is 0 Å². The van der Waals surface area contributed by atoms with E-state index in [2.05, 4.69) is 10.6 Å². The molecule has 0 unspecified atom stereocenters. The molecule has 0 bridgehead atoms. The fraction of sp³-hybridized carbons (Fsp3) is 0.308. The van der Waals surface area contributed by atoms with Gasteiger partial charge in [-0.15, -0.1) is 0 Å². The molecule has 0 aromatic heterocycles. The van der Waals surface area contributed by atoms with Gasteiger partial charge in [-0.3, -0.25) is 9.59 Å². The molecular formula is C13H15ClN4O3. The molecule has 0 heterocycles. The van der Waals surface area contributed by atoms with E-state index in [4.69, 9.17) is 23.1 Å². The second-order valence-electron chi connectivity index (χ2n) is 4.75. The minimum Gasteiger partial charge on any atom is -0.367 e. The van der Waals surface area contributed by atoms with Gasteiger partial charge in [-0.05, 0) is 30.0 Å². The number of carbonyl (C=O) groups excluding carboxylic acids is 3. The molecule has 0 saturated heterocycles. The molecule has 4 amide bonds. The predicted molar refractivity (Wildman–Crippen MR) is 76.4 cm³/mol. The normalized spacial score (nSPS) is 16.4. The van der Waals surface area contributed by atoms with E-state index in [-0.39, 0.29) is 6.04 Å². The van der Waals surface area contributed by atoms with Gasteiger partial charge in [0.2, 0.25) is 11.8 Å². The van der Waals surface area contributed by atoms with Crippen molar-refractivity contribution in [3.05, 3.63) is 34.3 Å². The first-order valence-corrected chi connectivity index (χ1v) is 6.71. The standard InChI is InChI=1S/C13H15ClN4O3/c14-8-3-1-2-7-6(8)4-5-9(7)17-13(21)18-10(11(15)19)12(16)20/h1-3,9-10H,4-5H2,(H2,15,19)(H2,16,20)(H2,17,18,21)/t9-/m0/s1. The molecule has 112 valence electrons. The van der Waals surface area contributed by atoms with Crippen LogP contribution in [0.2, 0.25) is 5.02 Å². The quantitative estimate of drug-likeness (QED) is 0.583. The average molecular weight is 311 g/mol. The summed E-state index contributed by atoms with van der Waals surface area (Å²) >= 11 is 6.09. The molecule has 0 spiro atoms. The Hall–Kier alpha value is -2.28. The van der Waals surface area contributed by atoms with E-state index in [1.165, 1.54) is 0 Å². The minimum atomic E-state index is -1.54. The van der Waals surface area contributed by atoms with Gasteiger partial charge in [0, 0.05) is 5.02 Å². The molecule has 0 radical (unpaired) electrons. The lowest BCUT2D eigenvalue weighted by molar-refractivity contribution is -0.128. The number of amides is 4. The smallest absolute Gasteiger partial charge is 0.316 e. The van der Waals surface area contributed by atoms with E-state index in [0.717, 1.165) is 17.5 Å². The van der Waals surface area contributed by atoms with Crippen LogP contribution in [0.1, 0.15) is 23.6 Å². The van der Waals surface area contributed by atoms with E-state index >= 15 is 0 Å². The fourth-order valence-corrected chi connectivity index (χ4v) is 2.65. The third-order valence-corrected chi connectivity index (χ3v) is 3.72. The number of nitrogens with one attached hydrogen (secondary N) is 2. The summed E-state index contributed by atoms with van der Waals surface area (Å²) in [6.45, 7) is 0. The van der Waals surface area contributed by atoms with Crippen LogP contribution >= 0.6 is 11.6 Å². The zero-order valence-electron chi connectivity index (χ0n) is 11.1. The summed E-state index contributed by atoms with van der Waals surface area (Å²) in [5, 5.41) is 5.49. The van der Waals surface area contributed by atoms with Gasteiger partial charge in [-0.2, -0.15) is 0 Å². The summed E-state index contributed by atoms with van der Waals surface area (Å²) in [7, 11) is 0. The van der Waals surface area contributed by atoms with Gasteiger partial charge in [0.15, 0.2) is 6.04 Å². The van der Waals surface area contributed by atoms with Gasteiger partial charge in [0.1, 0.15) is 0 Å². The SMILES string of the molecule is NC(=O)C(NC(=O)N[C@H]1CCc2c(Cl)cccc21)C(N)=O. The number of nitrogens with two attached hydrogens (primary N) is 2. The molecule has 2 rings (SSSR count). The van der Waals surface area contributed by atoms with Crippen LogP contribution < -0.4 is 22.1 Å². The largest absolute Gasteiger partial charge is 0.367 e. The van der Waals surface area contributed by atoms with Crippen molar-refractivity contribution in [1.29, 1.82) is 0 Å². The summed E-state index contributed by atoms with van der Waals surface area (Å²) < 4.78 is 0. The van der Waals surface area contributed by atoms with E-state index in [1.54, 1.807) is 12.1 Å². The summed E-state index contributed by atoms with van der Waals surface area (Å²) in [4.78, 5) is 33.9. The highest BCUT2D eigenvalue weighted by Gasteiger charge is 2.28. The van der Waals surface area contributed by atoms with Crippen molar-refractivity contribution >= 4 is 29.4 Å². The Kier molecular flexibility index (Phi) is 4.32. The summed E-state index contributed by atoms with van der Waals surface area (Å²) in [5.74, 6) is -2.01. The first kappa shape index (κ1) is 15.1. The van der Waals surface area contributed by atoms with Crippen molar-refractivity contribution in [2.75, 3.05) is 0 Å². The second kappa shape index (κ2) is 6.01. The van der Waals surface area contributed by atoms with Crippen molar-refractivity contribution in [1.82, 2.24) is 10.6 Å². The number of fused-ring (bicyclic) bond motifs is 1. The number of rotatable bonds is 4. The van der Waals surface area contributed by atoms with Crippen LogP contribution in [0, 0.1) is 0 Å². The van der Waals surface area contributed by atoms with E-state index < -0.39 is 23.9 Å². The van der Waals surface area contributed by atoms with Crippen LogP contribution in [0.15, 0.2) is 18.2 Å². The van der Waals surface area contributed by atoms with Crippen molar-refractivity contribution in [3.8, 4) is 0 Å². The van der Waals surface area contributed by atoms with Gasteiger partial charge in [0.05, 0.1) is 6.04 Å². The van der Waals surface area contributed by atoms with E-state index in [0.29, 0.717) is 11.4 Å². The molecule has 0 saturated carbocycles. The van der Waals surface area contributed by atoms with Crippen LogP contribution in [0.3, 0.4) is 0 Å². The Bertz CT molecular complexity index is 591. The number of urea groups is 1. The molecule has 1 aliphatic carbocycles. The maximum atomic E-state index is 11.8. The minimum absolute atomic E-state index is 0.236. The highest BCUT2D eigenvalue weighted by atomic mass is 35.5. The van der Waals surface area contributed by atoms with E-state index in [9.17, 15) is 14.4 Å². The molecule has 0 fully saturated rings. The molecule has 7 nitrogen and oxygen atoms in total. The summed E-state index contributed by atoms with van der Waals surface area (Å²) in [6, 6.07) is 3.01. The van der Waals surface area contributed by atoms with Crippen LogP contribution in [-0.4, -0.2) is 23.9 Å². The Morgan fingerprint density at radius 2 is 1.90 bits per heavy atom. The lowest BCUT2D eigenvalue weighted by Gasteiger charge is -2.17. The number of hydrogen-bond donors (Lipinski definition) is 4. The summed E-state index contributed by atoms with van der Waals surface area (Å²) in [5.41, 5.74) is 11.9. The zero-order chi connectivity index (χ0) is 15.6. The van der Waals surface area contributed by atoms with Crippen molar-refractivity contribution in [2.45, 2.75) is 24.9 Å². The van der Waals surface area contributed by atoms with E-state index in [1.807, 2.05) is 6.07 Å². The molecule has 6 N–H and O–H groups in total. The Balaban J connectivity index is 2.04. The molecule has 1 aliphatic rings.